The van der Waals surface area contributed by atoms with Crippen molar-refractivity contribution in [1.82, 2.24) is 0 Å². The summed E-state index contributed by atoms with van der Waals surface area (Å²) < 4.78 is 0. The Bertz CT molecular complexity index is 769. The first-order valence-corrected chi connectivity index (χ1v) is 7.06. The first-order valence-electron chi connectivity index (χ1n) is 7.06. The van der Waals surface area contributed by atoms with Crippen molar-refractivity contribution in [1.29, 1.82) is 0 Å². The number of nitrogen functional groups attached to an aromatic ring is 2. The van der Waals surface area contributed by atoms with Crippen LogP contribution in [0.15, 0.2) is 78.9 Å². The van der Waals surface area contributed by atoms with E-state index in [0.717, 1.165) is 5.69 Å². The van der Waals surface area contributed by atoms with Crippen molar-refractivity contribution in [2.75, 3.05) is 11.5 Å². The van der Waals surface area contributed by atoms with E-state index in [1.54, 1.807) is 12.1 Å². The third-order valence-corrected chi connectivity index (χ3v) is 3.15. The van der Waals surface area contributed by atoms with Crippen molar-refractivity contribution in [3.63, 3.8) is 0 Å². The largest absolute Gasteiger partial charge is 0.478 e. The number of carboxylic acids is 1. The number of hydrogen-bond acceptors (Lipinski definition) is 3. The van der Waals surface area contributed by atoms with Crippen LogP contribution in [0.25, 0.3) is 11.1 Å². The second-order valence-corrected chi connectivity index (χ2v) is 4.92. The van der Waals surface area contributed by atoms with Crippen molar-refractivity contribution >= 4 is 17.3 Å². The van der Waals surface area contributed by atoms with E-state index in [2.05, 4.69) is 18.2 Å². The Morgan fingerprint density at radius 2 is 1.30 bits per heavy atom. The van der Waals surface area contributed by atoms with Crippen LogP contribution in [-0.4, -0.2) is 11.1 Å². The van der Waals surface area contributed by atoms with Gasteiger partial charge in [0.05, 0.1) is 5.56 Å². The normalized spacial score (nSPS) is 9.57. The zero-order chi connectivity index (χ0) is 16.7. The first-order chi connectivity index (χ1) is 11.1. The fourth-order valence-corrected chi connectivity index (χ4v) is 1.97. The molecule has 3 aromatic carbocycles. The quantitative estimate of drug-likeness (QED) is 0.626. The number of rotatable bonds is 2. The molecule has 4 heteroatoms. The van der Waals surface area contributed by atoms with Gasteiger partial charge in [0.1, 0.15) is 0 Å². The smallest absolute Gasteiger partial charge is 0.335 e. The molecule has 0 aliphatic carbocycles. The molecule has 3 rings (SSSR count). The van der Waals surface area contributed by atoms with Gasteiger partial charge in [0.25, 0.3) is 0 Å². The third kappa shape index (κ3) is 4.89. The van der Waals surface area contributed by atoms with E-state index < -0.39 is 5.97 Å². The zero-order valence-electron chi connectivity index (χ0n) is 12.5. The Hall–Kier alpha value is -3.27. The Kier molecular flexibility index (Phi) is 5.36. The maximum absolute atomic E-state index is 10.3. The van der Waals surface area contributed by atoms with Gasteiger partial charge in [-0.2, -0.15) is 0 Å². The molecule has 0 spiro atoms. The lowest BCUT2D eigenvalue weighted by atomic mass is 10.1. The SMILES string of the molecule is Nc1ccc(C(=O)O)cc1.Nc1cccc(-c2ccccc2)c1. The number of carboxylic acid groups (broad SMARTS) is 1. The summed E-state index contributed by atoms with van der Waals surface area (Å²) in [5.41, 5.74) is 15.0. The van der Waals surface area contributed by atoms with Crippen LogP contribution < -0.4 is 11.5 Å². The Labute approximate surface area is 135 Å². The van der Waals surface area contributed by atoms with Gasteiger partial charge in [-0.3, -0.25) is 0 Å². The summed E-state index contributed by atoms with van der Waals surface area (Å²) in [6.07, 6.45) is 0. The Morgan fingerprint density at radius 1 is 0.696 bits per heavy atom. The number of anilines is 2. The molecule has 4 nitrogen and oxygen atoms in total. The summed E-state index contributed by atoms with van der Waals surface area (Å²) in [5.74, 6) is -0.931. The Balaban J connectivity index is 0.000000174. The molecule has 0 amide bonds. The molecule has 0 aromatic heterocycles. The predicted molar refractivity (Wildman–Crippen MR) is 94.1 cm³/mol. The van der Waals surface area contributed by atoms with Gasteiger partial charge in [-0.25, -0.2) is 4.79 Å². The molecule has 0 saturated carbocycles. The molecule has 0 heterocycles. The van der Waals surface area contributed by atoms with Crippen LogP contribution >= 0.6 is 0 Å². The van der Waals surface area contributed by atoms with Gasteiger partial charge in [-0.1, -0.05) is 42.5 Å². The highest BCUT2D eigenvalue weighted by Crippen LogP contribution is 2.20. The van der Waals surface area contributed by atoms with E-state index in [0.29, 0.717) is 5.69 Å². The summed E-state index contributed by atoms with van der Waals surface area (Å²) >= 11 is 0. The van der Waals surface area contributed by atoms with E-state index in [-0.39, 0.29) is 5.56 Å². The van der Waals surface area contributed by atoms with E-state index >= 15 is 0 Å². The molecule has 23 heavy (non-hydrogen) atoms. The van der Waals surface area contributed by atoms with Crippen molar-refractivity contribution < 1.29 is 9.90 Å². The summed E-state index contributed by atoms with van der Waals surface area (Å²) in [6.45, 7) is 0. The average molecular weight is 306 g/mol. The van der Waals surface area contributed by atoms with E-state index in [1.807, 2.05) is 36.4 Å². The maximum Gasteiger partial charge on any atom is 0.335 e. The molecule has 0 aliphatic heterocycles. The number of carbonyl (C=O) groups is 1. The molecule has 5 N–H and O–H groups in total. The van der Waals surface area contributed by atoms with Gasteiger partial charge in [-0.15, -0.1) is 0 Å². The van der Waals surface area contributed by atoms with Crippen molar-refractivity contribution in [3.05, 3.63) is 84.4 Å². The third-order valence-electron chi connectivity index (χ3n) is 3.15. The molecule has 3 aromatic rings. The fourth-order valence-electron chi connectivity index (χ4n) is 1.97. The van der Waals surface area contributed by atoms with Crippen molar-refractivity contribution in [3.8, 4) is 11.1 Å². The maximum atomic E-state index is 10.3. The number of nitrogens with two attached hydrogens (primary N) is 2. The van der Waals surface area contributed by atoms with Crippen LogP contribution in [0.1, 0.15) is 10.4 Å². The highest BCUT2D eigenvalue weighted by atomic mass is 16.4. The average Bonchev–Trinajstić information content (AvgIpc) is 2.57. The molecule has 116 valence electrons. The molecule has 0 aliphatic rings. The molecule has 0 bridgehead atoms. The van der Waals surface area contributed by atoms with E-state index in [9.17, 15) is 4.79 Å². The molecule has 0 fully saturated rings. The zero-order valence-corrected chi connectivity index (χ0v) is 12.5. The highest BCUT2D eigenvalue weighted by molar-refractivity contribution is 5.87. The van der Waals surface area contributed by atoms with E-state index in [1.165, 1.54) is 23.3 Å². The minimum atomic E-state index is -0.931. The van der Waals surface area contributed by atoms with Crippen LogP contribution in [-0.2, 0) is 0 Å². The number of benzene rings is 3. The minimum Gasteiger partial charge on any atom is -0.478 e. The van der Waals surface area contributed by atoms with E-state index in [4.69, 9.17) is 16.6 Å². The number of hydrogen-bond donors (Lipinski definition) is 3. The van der Waals surface area contributed by atoms with Gasteiger partial charge in [0, 0.05) is 11.4 Å². The molecular formula is C19H18N2O2. The van der Waals surface area contributed by atoms with Crippen LogP contribution in [0.2, 0.25) is 0 Å². The van der Waals surface area contributed by atoms with Crippen molar-refractivity contribution in [2.24, 2.45) is 0 Å². The first kappa shape index (κ1) is 16.1. The number of aromatic carboxylic acids is 1. The predicted octanol–water partition coefficient (Wildman–Crippen LogP) is 3.90. The fraction of sp³-hybridized carbons (Fsp3) is 0. The molecule has 0 atom stereocenters. The van der Waals surface area contributed by atoms with Crippen molar-refractivity contribution in [2.45, 2.75) is 0 Å². The van der Waals surface area contributed by atoms with Crippen LogP contribution in [0.3, 0.4) is 0 Å². The summed E-state index contributed by atoms with van der Waals surface area (Å²) in [5, 5.41) is 8.43. The van der Waals surface area contributed by atoms with Gasteiger partial charge in [-0.05, 0) is 47.5 Å². The second-order valence-electron chi connectivity index (χ2n) is 4.92. The molecule has 0 radical (unpaired) electrons. The molecule has 0 unspecified atom stereocenters. The van der Waals surface area contributed by atoms with Gasteiger partial charge in [0.2, 0.25) is 0 Å². The molecular weight excluding hydrogens is 288 g/mol. The summed E-state index contributed by atoms with van der Waals surface area (Å²) in [6, 6.07) is 24.2. The monoisotopic (exact) mass is 306 g/mol. The van der Waals surface area contributed by atoms with Gasteiger partial charge >= 0.3 is 5.97 Å². The Morgan fingerprint density at radius 3 is 1.87 bits per heavy atom. The summed E-state index contributed by atoms with van der Waals surface area (Å²) in [4.78, 5) is 10.3. The van der Waals surface area contributed by atoms with Crippen LogP contribution in [0, 0.1) is 0 Å². The highest BCUT2D eigenvalue weighted by Gasteiger charge is 1.98. The lowest BCUT2D eigenvalue weighted by molar-refractivity contribution is 0.0697. The van der Waals surface area contributed by atoms with Crippen LogP contribution in [0.5, 0.6) is 0 Å². The minimum absolute atomic E-state index is 0.259. The van der Waals surface area contributed by atoms with Gasteiger partial charge < -0.3 is 16.6 Å². The van der Waals surface area contributed by atoms with Gasteiger partial charge in [0.15, 0.2) is 0 Å². The topological polar surface area (TPSA) is 89.3 Å². The lowest BCUT2D eigenvalue weighted by Gasteiger charge is -2.01. The second kappa shape index (κ2) is 7.66. The molecule has 0 saturated heterocycles. The summed E-state index contributed by atoms with van der Waals surface area (Å²) in [7, 11) is 0. The standard InChI is InChI=1S/C12H11N.C7H7NO2/c13-12-8-4-7-11(9-12)10-5-2-1-3-6-10;8-6-3-1-5(2-4-6)7(9)10/h1-9H,13H2;1-4H,8H2,(H,9,10). The lowest BCUT2D eigenvalue weighted by Crippen LogP contribution is -1.95. The van der Waals surface area contributed by atoms with Crippen LogP contribution in [0.4, 0.5) is 11.4 Å².